The van der Waals surface area contributed by atoms with Crippen LogP contribution < -0.4 is 4.90 Å². The molecule has 26 heavy (non-hydrogen) atoms. The van der Waals surface area contributed by atoms with E-state index in [1.807, 2.05) is 56.4 Å². The van der Waals surface area contributed by atoms with Crippen molar-refractivity contribution in [3.05, 3.63) is 77.4 Å². The minimum atomic E-state index is -0.395. The normalized spacial score (nSPS) is 22.8. The van der Waals surface area contributed by atoms with E-state index in [0.29, 0.717) is 0 Å². The van der Waals surface area contributed by atoms with E-state index in [-0.39, 0.29) is 12.0 Å². The Labute approximate surface area is 155 Å². The highest BCUT2D eigenvalue weighted by molar-refractivity contribution is 5.54. The Kier molecular flexibility index (Phi) is 4.83. The Morgan fingerprint density at radius 3 is 2.46 bits per heavy atom. The molecule has 0 bridgehead atoms. The highest BCUT2D eigenvalue weighted by Crippen LogP contribution is 2.50. The molecule has 0 saturated heterocycles. The number of para-hydroxylation sites is 1. The first kappa shape index (κ1) is 17.8. The van der Waals surface area contributed by atoms with Crippen LogP contribution in [0.1, 0.15) is 25.0 Å². The van der Waals surface area contributed by atoms with Gasteiger partial charge >= 0.3 is 0 Å². The Morgan fingerprint density at radius 1 is 1.15 bits per heavy atom. The summed E-state index contributed by atoms with van der Waals surface area (Å²) in [5.41, 5.74) is 4.14. The van der Waals surface area contributed by atoms with E-state index in [1.165, 1.54) is 11.1 Å². The predicted octanol–water partition coefficient (Wildman–Crippen LogP) is 4.62. The molecule has 0 saturated carbocycles. The van der Waals surface area contributed by atoms with Gasteiger partial charge in [0.25, 0.3) is 0 Å². The van der Waals surface area contributed by atoms with Crippen LogP contribution in [0.5, 0.6) is 0 Å². The van der Waals surface area contributed by atoms with Crippen molar-refractivity contribution in [2.75, 3.05) is 11.9 Å². The molecule has 3 heteroatoms. The van der Waals surface area contributed by atoms with Crippen LogP contribution in [0.15, 0.2) is 66.2 Å². The number of benzene rings is 2. The van der Waals surface area contributed by atoms with Gasteiger partial charge in [-0.15, -0.1) is 0 Å². The fourth-order valence-corrected chi connectivity index (χ4v) is 4.45. The average Bonchev–Trinajstić information content (AvgIpc) is 2.97. The predicted molar refractivity (Wildman–Crippen MR) is 105 cm³/mol. The first-order chi connectivity index (χ1) is 12.5. The third-order valence-electron chi connectivity index (χ3n) is 5.83. The van der Waals surface area contributed by atoms with Gasteiger partial charge in [-0.3, -0.25) is 0 Å². The number of hydrogen-bond donors (Lipinski definition) is 0. The minimum Gasteiger partial charge on any atom is -0.358 e. The molecule has 3 atom stereocenters. The summed E-state index contributed by atoms with van der Waals surface area (Å²) >= 11 is 0. The second-order valence-corrected chi connectivity index (χ2v) is 7.19. The van der Waals surface area contributed by atoms with Crippen LogP contribution in [0.3, 0.4) is 0 Å². The lowest BCUT2D eigenvalue weighted by Gasteiger charge is -2.42. The average molecular weight is 341 g/mol. The van der Waals surface area contributed by atoms with Gasteiger partial charge in [0.1, 0.15) is 6.04 Å². The lowest BCUT2D eigenvalue weighted by molar-refractivity contribution is 0.327. The number of nitrogens with zero attached hydrogens (tertiary/aromatic N) is 3. The SMILES string of the molecule is C/C(=C\C#N)[C@H]1Cc2ccccc2[C@]1(C)[C@@H](C#N)N(C)c1ccccc1. The van der Waals surface area contributed by atoms with Gasteiger partial charge in [-0.05, 0) is 42.5 Å². The molecule has 130 valence electrons. The Bertz CT molecular complexity index is 901. The van der Waals surface area contributed by atoms with Gasteiger partial charge in [-0.2, -0.15) is 10.5 Å². The molecule has 3 rings (SSSR count). The molecule has 1 aliphatic rings. The number of nitriles is 2. The van der Waals surface area contributed by atoms with Crippen LogP contribution in [-0.4, -0.2) is 13.1 Å². The van der Waals surface area contributed by atoms with Crippen LogP contribution in [0.25, 0.3) is 0 Å². The second-order valence-electron chi connectivity index (χ2n) is 7.19. The summed E-state index contributed by atoms with van der Waals surface area (Å²) in [5.74, 6) is 0.121. The van der Waals surface area contributed by atoms with E-state index in [1.54, 1.807) is 6.08 Å². The Balaban J connectivity index is 2.14. The summed E-state index contributed by atoms with van der Waals surface area (Å²) < 4.78 is 0. The second kappa shape index (κ2) is 7.06. The molecule has 0 radical (unpaired) electrons. The van der Waals surface area contributed by atoms with Crippen LogP contribution >= 0.6 is 0 Å². The van der Waals surface area contributed by atoms with Crippen LogP contribution in [0, 0.1) is 28.6 Å². The third kappa shape index (κ3) is 2.76. The molecule has 0 aromatic heterocycles. The number of rotatable bonds is 4. The fourth-order valence-electron chi connectivity index (χ4n) is 4.45. The quantitative estimate of drug-likeness (QED) is 0.763. The van der Waals surface area contributed by atoms with Crippen molar-refractivity contribution in [3.8, 4) is 12.1 Å². The number of anilines is 1. The summed E-state index contributed by atoms with van der Waals surface area (Å²) in [6.45, 7) is 4.18. The molecule has 2 aromatic carbocycles. The summed E-state index contributed by atoms with van der Waals surface area (Å²) in [5, 5.41) is 19.3. The minimum absolute atomic E-state index is 0.121. The van der Waals surface area contributed by atoms with Gasteiger partial charge in [0.05, 0.1) is 12.1 Å². The third-order valence-corrected chi connectivity index (χ3v) is 5.83. The molecule has 0 aliphatic heterocycles. The molecule has 3 nitrogen and oxygen atoms in total. The maximum atomic E-state index is 10.2. The van der Waals surface area contributed by atoms with Crippen molar-refractivity contribution < 1.29 is 0 Å². The lowest BCUT2D eigenvalue weighted by Crippen LogP contribution is -2.50. The lowest BCUT2D eigenvalue weighted by atomic mass is 9.68. The molecular formula is C23H23N3. The highest BCUT2D eigenvalue weighted by atomic mass is 15.1. The maximum Gasteiger partial charge on any atom is 0.126 e. The Hall–Kier alpha value is -3.04. The zero-order chi connectivity index (χ0) is 18.7. The number of fused-ring (bicyclic) bond motifs is 1. The summed E-state index contributed by atoms with van der Waals surface area (Å²) in [7, 11) is 1.98. The van der Waals surface area contributed by atoms with Crippen molar-refractivity contribution in [2.45, 2.75) is 31.7 Å². The van der Waals surface area contributed by atoms with E-state index < -0.39 is 5.41 Å². The van der Waals surface area contributed by atoms with Gasteiger partial charge in [0.15, 0.2) is 0 Å². The van der Waals surface area contributed by atoms with Crippen LogP contribution in [0.4, 0.5) is 5.69 Å². The summed E-state index contributed by atoms with van der Waals surface area (Å²) in [6, 6.07) is 22.8. The van der Waals surface area contributed by atoms with Gasteiger partial charge in [-0.25, -0.2) is 0 Å². The first-order valence-electron chi connectivity index (χ1n) is 8.86. The van der Waals surface area contributed by atoms with E-state index in [0.717, 1.165) is 17.7 Å². The monoisotopic (exact) mass is 341 g/mol. The smallest absolute Gasteiger partial charge is 0.126 e. The molecule has 0 unspecified atom stereocenters. The molecule has 0 fully saturated rings. The van der Waals surface area contributed by atoms with Crippen molar-refractivity contribution in [2.24, 2.45) is 5.92 Å². The largest absolute Gasteiger partial charge is 0.358 e. The van der Waals surface area contributed by atoms with Crippen molar-refractivity contribution in [1.29, 1.82) is 10.5 Å². The number of allylic oxidation sites excluding steroid dienone is 2. The summed E-state index contributed by atoms with van der Waals surface area (Å²) in [6.07, 6.45) is 2.49. The first-order valence-corrected chi connectivity index (χ1v) is 8.86. The molecule has 1 aliphatic carbocycles. The molecule has 0 spiro atoms. The maximum absolute atomic E-state index is 10.2. The summed E-state index contributed by atoms with van der Waals surface area (Å²) in [4.78, 5) is 2.06. The highest BCUT2D eigenvalue weighted by Gasteiger charge is 2.50. The van der Waals surface area contributed by atoms with Crippen LogP contribution in [-0.2, 0) is 11.8 Å². The van der Waals surface area contributed by atoms with E-state index in [9.17, 15) is 5.26 Å². The Morgan fingerprint density at radius 2 is 1.81 bits per heavy atom. The van der Waals surface area contributed by atoms with E-state index in [4.69, 9.17) is 5.26 Å². The molecule has 0 N–H and O–H groups in total. The number of likely N-dealkylation sites (N-methyl/N-ethyl adjacent to an activating group) is 1. The molecule has 0 amide bonds. The van der Waals surface area contributed by atoms with Gasteiger partial charge in [0.2, 0.25) is 0 Å². The van der Waals surface area contributed by atoms with Crippen molar-refractivity contribution in [3.63, 3.8) is 0 Å². The van der Waals surface area contributed by atoms with Gasteiger partial charge in [0, 0.05) is 24.2 Å². The van der Waals surface area contributed by atoms with Crippen molar-refractivity contribution >= 4 is 5.69 Å². The topological polar surface area (TPSA) is 50.8 Å². The number of hydrogen-bond acceptors (Lipinski definition) is 3. The van der Waals surface area contributed by atoms with Gasteiger partial charge < -0.3 is 4.90 Å². The molecular weight excluding hydrogens is 318 g/mol. The van der Waals surface area contributed by atoms with E-state index in [2.05, 4.69) is 36.1 Å². The standard InChI is InChI=1S/C23H23N3/c1-17(13-14-24)21-15-18-9-7-8-12-20(18)23(21,2)22(16-25)26(3)19-10-5-4-6-11-19/h4-13,21-22H,15H2,1-3H3/b17-13+/t21-,22-,23+/m1/s1. The molecule has 0 heterocycles. The fraction of sp³-hybridized carbons (Fsp3) is 0.304. The van der Waals surface area contributed by atoms with E-state index >= 15 is 0 Å². The van der Waals surface area contributed by atoms with Crippen molar-refractivity contribution in [1.82, 2.24) is 0 Å². The molecule has 2 aromatic rings. The zero-order valence-electron chi connectivity index (χ0n) is 15.5. The zero-order valence-corrected chi connectivity index (χ0v) is 15.5. The van der Waals surface area contributed by atoms with Crippen LogP contribution in [0.2, 0.25) is 0 Å². The van der Waals surface area contributed by atoms with Gasteiger partial charge in [-0.1, -0.05) is 55.0 Å².